The Kier molecular flexibility index (Phi) is 4.97. The maximum absolute atomic E-state index is 5.42. The molecule has 0 spiro atoms. The molecule has 0 saturated carbocycles. The van der Waals surface area contributed by atoms with Crippen LogP contribution in [-0.4, -0.2) is 30.7 Å². The summed E-state index contributed by atoms with van der Waals surface area (Å²) in [5, 5.41) is 4.14. The van der Waals surface area contributed by atoms with Crippen molar-refractivity contribution in [3.8, 4) is 23.3 Å². The minimum atomic E-state index is 0.329. The molecule has 1 aromatic heterocycles. The van der Waals surface area contributed by atoms with Gasteiger partial charge in [-0.3, -0.25) is 0 Å². The minimum Gasteiger partial charge on any atom is -0.493 e. The average Bonchev–Trinajstić information content (AvgIpc) is 2.66. The van der Waals surface area contributed by atoms with E-state index >= 15 is 0 Å². The second-order valence-corrected chi connectivity index (χ2v) is 5.16. The topological polar surface area (TPSA) is 82.3 Å². The smallest absolute Gasteiger partial charge is 0.162 e. The number of nitrogens with zero attached hydrogens (tertiary/aromatic N) is 2. The molecule has 0 amide bonds. The summed E-state index contributed by atoms with van der Waals surface area (Å²) in [6.45, 7) is 0.329. The fourth-order valence-electron chi connectivity index (χ4n) is 2.45. The SMILES string of the molecule is COc1cc2ncnc(Nc3cccc(C#CCN)c3)c2cc1OC. The van der Waals surface area contributed by atoms with Crippen molar-refractivity contribution in [2.24, 2.45) is 5.73 Å². The van der Waals surface area contributed by atoms with Gasteiger partial charge in [0.05, 0.1) is 26.3 Å². The highest BCUT2D eigenvalue weighted by Gasteiger charge is 2.11. The molecule has 0 radical (unpaired) electrons. The number of rotatable bonds is 4. The van der Waals surface area contributed by atoms with Crippen molar-refractivity contribution >= 4 is 22.4 Å². The van der Waals surface area contributed by atoms with E-state index in [-0.39, 0.29) is 0 Å². The zero-order valence-corrected chi connectivity index (χ0v) is 14.0. The van der Waals surface area contributed by atoms with Crippen molar-refractivity contribution in [1.82, 2.24) is 9.97 Å². The summed E-state index contributed by atoms with van der Waals surface area (Å²) < 4.78 is 10.7. The Balaban J connectivity index is 2.01. The summed E-state index contributed by atoms with van der Waals surface area (Å²) in [6.07, 6.45) is 1.51. The summed E-state index contributed by atoms with van der Waals surface area (Å²) in [5.41, 5.74) is 7.94. The molecule has 2 aromatic carbocycles. The average molecular weight is 334 g/mol. The number of nitrogens with one attached hydrogen (secondary N) is 1. The van der Waals surface area contributed by atoms with E-state index in [2.05, 4.69) is 27.1 Å². The number of benzene rings is 2. The van der Waals surface area contributed by atoms with Crippen LogP contribution in [0, 0.1) is 11.8 Å². The molecule has 0 bridgehead atoms. The monoisotopic (exact) mass is 334 g/mol. The molecule has 0 aliphatic carbocycles. The third-order valence-electron chi connectivity index (χ3n) is 3.60. The molecule has 0 aliphatic heterocycles. The number of nitrogens with two attached hydrogens (primary N) is 1. The molecule has 6 heteroatoms. The van der Waals surface area contributed by atoms with E-state index in [0.717, 1.165) is 22.2 Å². The lowest BCUT2D eigenvalue weighted by Crippen LogP contribution is -1.98. The van der Waals surface area contributed by atoms with Crippen LogP contribution < -0.4 is 20.5 Å². The second-order valence-electron chi connectivity index (χ2n) is 5.16. The lowest BCUT2D eigenvalue weighted by atomic mass is 10.2. The van der Waals surface area contributed by atoms with Gasteiger partial charge in [0.25, 0.3) is 0 Å². The van der Waals surface area contributed by atoms with Crippen LogP contribution in [0.15, 0.2) is 42.7 Å². The van der Waals surface area contributed by atoms with Gasteiger partial charge in [0.2, 0.25) is 0 Å². The number of fused-ring (bicyclic) bond motifs is 1. The van der Waals surface area contributed by atoms with E-state index in [9.17, 15) is 0 Å². The van der Waals surface area contributed by atoms with Crippen LogP contribution in [-0.2, 0) is 0 Å². The standard InChI is InChI=1S/C19H18N4O2/c1-24-17-10-15-16(11-18(17)25-2)21-12-22-19(15)23-14-7-3-5-13(9-14)6-4-8-20/h3,5,7,9-12H,8,20H2,1-2H3,(H,21,22,23). The van der Waals surface area contributed by atoms with Gasteiger partial charge in [0.15, 0.2) is 11.5 Å². The number of hydrogen-bond donors (Lipinski definition) is 2. The van der Waals surface area contributed by atoms with E-state index < -0.39 is 0 Å². The maximum Gasteiger partial charge on any atom is 0.162 e. The Morgan fingerprint density at radius 1 is 1.08 bits per heavy atom. The van der Waals surface area contributed by atoms with Crippen LogP contribution >= 0.6 is 0 Å². The molecule has 6 nitrogen and oxygen atoms in total. The number of methoxy groups -OCH3 is 2. The minimum absolute atomic E-state index is 0.329. The first-order valence-electron chi connectivity index (χ1n) is 7.68. The van der Waals surface area contributed by atoms with Gasteiger partial charge in [0, 0.05) is 22.7 Å². The first-order chi connectivity index (χ1) is 12.2. The van der Waals surface area contributed by atoms with Crippen LogP contribution in [0.1, 0.15) is 5.56 Å². The zero-order chi connectivity index (χ0) is 17.6. The predicted octanol–water partition coefficient (Wildman–Crippen LogP) is 2.70. The van der Waals surface area contributed by atoms with Gasteiger partial charge in [-0.1, -0.05) is 17.9 Å². The maximum atomic E-state index is 5.42. The van der Waals surface area contributed by atoms with Gasteiger partial charge in [0.1, 0.15) is 12.1 Å². The van der Waals surface area contributed by atoms with Crippen molar-refractivity contribution in [3.63, 3.8) is 0 Å². The summed E-state index contributed by atoms with van der Waals surface area (Å²) in [5.74, 6) is 7.78. The van der Waals surface area contributed by atoms with Crippen molar-refractivity contribution in [1.29, 1.82) is 0 Å². The van der Waals surface area contributed by atoms with Gasteiger partial charge in [-0.25, -0.2) is 9.97 Å². The molecule has 3 N–H and O–H groups in total. The van der Waals surface area contributed by atoms with E-state index in [4.69, 9.17) is 15.2 Å². The Labute approximate surface area is 146 Å². The van der Waals surface area contributed by atoms with Crippen LogP contribution in [0.4, 0.5) is 11.5 Å². The third-order valence-corrected chi connectivity index (χ3v) is 3.60. The van der Waals surface area contributed by atoms with Crippen molar-refractivity contribution < 1.29 is 9.47 Å². The van der Waals surface area contributed by atoms with Crippen molar-refractivity contribution in [3.05, 3.63) is 48.3 Å². The van der Waals surface area contributed by atoms with Crippen molar-refractivity contribution in [2.75, 3.05) is 26.1 Å². The third kappa shape index (κ3) is 3.62. The van der Waals surface area contributed by atoms with Crippen LogP contribution in [0.2, 0.25) is 0 Å². The van der Waals surface area contributed by atoms with E-state index in [1.54, 1.807) is 14.2 Å². The van der Waals surface area contributed by atoms with Crippen LogP contribution in [0.3, 0.4) is 0 Å². The fraction of sp³-hybridized carbons (Fsp3) is 0.158. The Hall–Kier alpha value is -3.30. The van der Waals surface area contributed by atoms with E-state index in [1.165, 1.54) is 6.33 Å². The molecule has 0 unspecified atom stereocenters. The summed E-state index contributed by atoms with van der Waals surface area (Å²) in [6, 6.07) is 11.4. The molecule has 0 atom stereocenters. The van der Waals surface area contributed by atoms with Gasteiger partial charge in [-0.15, -0.1) is 0 Å². The molecular weight excluding hydrogens is 316 g/mol. The summed E-state index contributed by atoms with van der Waals surface area (Å²) in [4.78, 5) is 8.65. The second kappa shape index (κ2) is 7.51. The molecule has 0 aliphatic rings. The number of hydrogen-bond acceptors (Lipinski definition) is 6. The van der Waals surface area contributed by atoms with E-state index in [0.29, 0.717) is 23.9 Å². The number of anilines is 2. The molecule has 3 rings (SSSR count). The normalized spacial score (nSPS) is 10.0. The molecule has 1 heterocycles. The molecule has 0 saturated heterocycles. The molecule has 25 heavy (non-hydrogen) atoms. The molecular formula is C19H18N4O2. The van der Waals surface area contributed by atoms with Crippen LogP contribution in [0.5, 0.6) is 11.5 Å². The largest absolute Gasteiger partial charge is 0.493 e. The quantitative estimate of drug-likeness (QED) is 0.714. The number of ether oxygens (including phenoxy) is 2. The lowest BCUT2D eigenvalue weighted by molar-refractivity contribution is 0.356. The van der Waals surface area contributed by atoms with Gasteiger partial charge >= 0.3 is 0 Å². The Morgan fingerprint density at radius 2 is 1.88 bits per heavy atom. The summed E-state index contributed by atoms with van der Waals surface area (Å²) >= 11 is 0. The van der Waals surface area contributed by atoms with Gasteiger partial charge in [-0.05, 0) is 24.3 Å². The van der Waals surface area contributed by atoms with Gasteiger partial charge in [-0.2, -0.15) is 0 Å². The van der Waals surface area contributed by atoms with E-state index in [1.807, 2.05) is 36.4 Å². The summed E-state index contributed by atoms with van der Waals surface area (Å²) in [7, 11) is 3.19. The highest BCUT2D eigenvalue weighted by Crippen LogP contribution is 2.34. The first-order valence-corrected chi connectivity index (χ1v) is 7.68. The first kappa shape index (κ1) is 16.6. The molecule has 126 valence electrons. The van der Waals surface area contributed by atoms with Gasteiger partial charge < -0.3 is 20.5 Å². The highest BCUT2D eigenvalue weighted by molar-refractivity contribution is 5.93. The molecule has 0 fully saturated rings. The fourth-order valence-corrected chi connectivity index (χ4v) is 2.45. The Morgan fingerprint density at radius 3 is 2.64 bits per heavy atom. The Bertz CT molecular complexity index is 961. The van der Waals surface area contributed by atoms with Crippen LogP contribution in [0.25, 0.3) is 10.9 Å². The number of aromatic nitrogens is 2. The van der Waals surface area contributed by atoms with Crippen molar-refractivity contribution in [2.45, 2.75) is 0 Å². The molecule has 3 aromatic rings. The zero-order valence-electron chi connectivity index (χ0n) is 14.0. The predicted molar refractivity (Wildman–Crippen MR) is 98.3 cm³/mol. The lowest BCUT2D eigenvalue weighted by Gasteiger charge is -2.12. The highest BCUT2D eigenvalue weighted by atomic mass is 16.5.